The average Bonchev–Trinajstić information content (AvgIpc) is 3.61. The molecule has 3 fully saturated rings. The van der Waals surface area contributed by atoms with Crippen LogP contribution in [0.1, 0.15) is 60.3 Å². The number of pyridine rings is 1. The van der Waals surface area contributed by atoms with Gasteiger partial charge in [0, 0.05) is 31.6 Å². The van der Waals surface area contributed by atoms with E-state index in [0.717, 1.165) is 44.6 Å². The molecule has 1 N–H and O–H groups in total. The molecule has 0 radical (unpaired) electrons. The second-order valence-corrected chi connectivity index (χ2v) is 12.7. The van der Waals surface area contributed by atoms with Gasteiger partial charge >= 0.3 is 6.18 Å². The molecule has 2 aliphatic carbocycles. The first-order valence-electron chi connectivity index (χ1n) is 12.3. The van der Waals surface area contributed by atoms with Crippen LogP contribution in [-0.2, 0) is 20.8 Å². The third kappa shape index (κ3) is 6.74. The van der Waals surface area contributed by atoms with Crippen LogP contribution >= 0.6 is 0 Å². The molecule has 0 spiro atoms. The molecule has 196 valence electrons. The number of ether oxygens (including phenoxy) is 1. The number of carbonyl (C=O) groups excluding carboxylic acids is 1. The van der Waals surface area contributed by atoms with Crippen molar-refractivity contribution in [2.45, 2.75) is 56.9 Å². The van der Waals surface area contributed by atoms with Gasteiger partial charge in [-0.25, -0.2) is 13.4 Å². The fraction of sp³-hybridized carbons (Fsp3) is 0.750. The molecule has 7 nitrogen and oxygen atoms in total. The van der Waals surface area contributed by atoms with Crippen molar-refractivity contribution in [1.82, 2.24) is 15.2 Å². The normalized spacial score (nSPS) is 26.5. The molecular weight excluding hydrogens is 483 g/mol. The van der Waals surface area contributed by atoms with E-state index in [1.807, 2.05) is 0 Å². The van der Waals surface area contributed by atoms with E-state index in [1.54, 1.807) is 0 Å². The summed E-state index contributed by atoms with van der Waals surface area (Å²) in [5.74, 6) is 0.138. The van der Waals surface area contributed by atoms with Gasteiger partial charge in [-0.05, 0) is 63.5 Å². The van der Waals surface area contributed by atoms with Crippen LogP contribution in [0.25, 0.3) is 0 Å². The van der Waals surface area contributed by atoms with Crippen molar-refractivity contribution < 1.29 is 31.1 Å². The minimum Gasteiger partial charge on any atom is -0.379 e. The summed E-state index contributed by atoms with van der Waals surface area (Å²) >= 11 is 0. The van der Waals surface area contributed by atoms with Crippen LogP contribution in [0, 0.1) is 18.3 Å². The van der Waals surface area contributed by atoms with E-state index < -0.39 is 27.6 Å². The summed E-state index contributed by atoms with van der Waals surface area (Å²) in [5, 5.41) is 2.59. The van der Waals surface area contributed by atoms with Crippen LogP contribution in [0.4, 0.5) is 13.2 Å². The van der Waals surface area contributed by atoms with Gasteiger partial charge in [0.25, 0.3) is 5.91 Å². The minimum absolute atomic E-state index is 0.0226. The smallest absolute Gasteiger partial charge is 0.379 e. The van der Waals surface area contributed by atoms with Crippen LogP contribution in [0.2, 0.25) is 0 Å². The first-order chi connectivity index (χ1) is 16.5. The lowest BCUT2D eigenvalue weighted by molar-refractivity contribution is -0.141. The lowest BCUT2D eigenvalue weighted by Gasteiger charge is -2.44. The molecule has 1 saturated heterocycles. The number of aromatic nitrogens is 1. The molecular formula is C24H34F3N3O4S. The second kappa shape index (κ2) is 10.3. The predicted octanol–water partition coefficient (Wildman–Crippen LogP) is 3.22. The monoisotopic (exact) mass is 517 g/mol. The summed E-state index contributed by atoms with van der Waals surface area (Å²) in [5.41, 5.74) is -1.19. The molecule has 0 atom stereocenters. The summed E-state index contributed by atoms with van der Waals surface area (Å²) in [6, 6.07) is 1.98. The maximum atomic E-state index is 12.9. The van der Waals surface area contributed by atoms with Crippen LogP contribution in [0.3, 0.4) is 0 Å². The predicted molar refractivity (Wildman–Crippen MR) is 125 cm³/mol. The maximum absolute atomic E-state index is 12.9. The van der Waals surface area contributed by atoms with Crippen LogP contribution in [0.5, 0.6) is 0 Å². The number of nitrogens with one attached hydrogen (secondary N) is 1. The van der Waals surface area contributed by atoms with Gasteiger partial charge in [-0.2, -0.15) is 13.2 Å². The first-order valence-corrected chi connectivity index (χ1v) is 14.0. The number of morpholine rings is 1. The van der Waals surface area contributed by atoms with Crippen molar-refractivity contribution in [2.75, 3.05) is 45.1 Å². The van der Waals surface area contributed by atoms with E-state index in [1.165, 1.54) is 6.92 Å². The van der Waals surface area contributed by atoms with Crippen molar-refractivity contribution in [3.8, 4) is 0 Å². The highest BCUT2D eigenvalue weighted by molar-refractivity contribution is 7.92. The SMILES string of the molecule is Cc1nc(C(F)(F)F)ccc1C(=O)NCC1(CN2CCOCC2)CCC(S(=O)(=O)CC2CC2)CC1. The number of carbonyl (C=O) groups is 1. The van der Waals surface area contributed by atoms with E-state index in [0.29, 0.717) is 51.4 Å². The van der Waals surface area contributed by atoms with Crippen LogP contribution in [0.15, 0.2) is 12.1 Å². The Balaban J connectivity index is 1.44. The maximum Gasteiger partial charge on any atom is 0.433 e. The molecule has 1 aliphatic heterocycles. The molecule has 0 bridgehead atoms. The number of nitrogens with zero attached hydrogens (tertiary/aromatic N) is 2. The van der Waals surface area contributed by atoms with Gasteiger partial charge in [0.2, 0.25) is 0 Å². The Labute approximate surface area is 204 Å². The molecule has 4 rings (SSSR count). The zero-order chi connectivity index (χ0) is 25.3. The number of hydrogen-bond acceptors (Lipinski definition) is 6. The Kier molecular flexibility index (Phi) is 7.78. The van der Waals surface area contributed by atoms with Gasteiger partial charge in [0.15, 0.2) is 9.84 Å². The second-order valence-electron chi connectivity index (χ2n) is 10.4. The van der Waals surface area contributed by atoms with E-state index in [9.17, 15) is 26.4 Å². The van der Waals surface area contributed by atoms with Gasteiger partial charge < -0.3 is 10.1 Å². The molecule has 1 aromatic rings. The quantitative estimate of drug-likeness (QED) is 0.570. The number of halogens is 3. The highest BCUT2D eigenvalue weighted by Crippen LogP contribution is 2.41. The van der Waals surface area contributed by atoms with Crippen LogP contribution < -0.4 is 5.32 Å². The van der Waals surface area contributed by atoms with Crippen molar-refractivity contribution in [2.24, 2.45) is 11.3 Å². The summed E-state index contributed by atoms with van der Waals surface area (Å²) in [6.07, 6.45) is -0.103. The Morgan fingerprint density at radius 2 is 1.83 bits per heavy atom. The molecule has 11 heteroatoms. The standard InChI is InChI=1S/C24H34F3N3O4S/c1-17-20(4-5-21(29-17)24(25,26)27)22(31)28-15-23(16-30-10-12-34-13-11-30)8-6-19(7-9-23)35(32,33)14-18-2-3-18/h4-5,18-19H,2-3,6-16H2,1H3,(H,28,31). The number of alkyl halides is 3. The van der Waals surface area contributed by atoms with Gasteiger partial charge in [-0.3, -0.25) is 9.69 Å². The third-order valence-corrected chi connectivity index (χ3v) is 10.00. The van der Waals surface area contributed by atoms with Gasteiger partial charge in [-0.15, -0.1) is 0 Å². The van der Waals surface area contributed by atoms with Crippen molar-refractivity contribution in [1.29, 1.82) is 0 Å². The van der Waals surface area contributed by atoms with Gasteiger partial charge in [0.05, 0.1) is 35.5 Å². The Morgan fingerprint density at radius 3 is 2.40 bits per heavy atom. The number of amides is 1. The summed E-state index contributed by atoms with van der Waals surface area (Å²) in [6.45, 7) is 5.27. The lowest BCUT2D eigenvalue weighted by Crippen LogP contribution is -2.51. The first kappa shape index (κ1) is 26.3. The fourth-order valence-electron chi connectivity index (χ4n) is 5.26. The highest BCUT2D eigenvalue weighted by atomic mass is 32.2. The van der Waals surface area contributed by atoms with E-state index >= 15 is 0 Å². The van der Waals surface area contributed by atoms with E-state index in [4.69, 9.17) is 4.74 Å². The molecule has 2 heterocycles. The Morgan fingerprint density at radius 1 is 1.17 bits per heavy atom. The molecule has 0 aromatic carbocycles. The van der Waals surface area contributed by atoms with Crippen molar-refractivity contribution in [3.05, 3.63) is 29.1 Å². The molecule has 3 aliphatic rings. The molecule has 1 amide bonds. The molecule has 0 unspecified atom stereocenters. The minimum atomic E-state index is -4.57. The molecule has 1 aromatic heterocycles. The topological polar surface area (TPSA) is 88.6 Å². The van der Waals surface area contributed by atoms with Gasteiger partial charge in [-0.1, -0.05) is 0 Å². The zero-order valence-electron chi connectivity index (χ0n) is 20.1. The average molecular weight is 518 g/mol. The third-order valence-electron chi connectivity index (χ3n) is 7.57. The fourth-order valence-corrected chi connectivity index (χ4v) is 7.47. The lowest BCUT2D eigenvalue weighted by atomic mass is 9.73. The van der Waals surface area contributed by atoms with Crippen molar-refractivity contribution in [3.63, 3.8) is 0 Å². The number of sulfone groups is 1. The number of aryl methyl sites for hydroxylation is 1. The largest absolute Gasteiger partial charge is 0.433 e. The Bertz CT molecular complexity index is 1010. The zero-order valence-corrected chi connectivity index (χ0v) is 20.9. The molecule has 35 heavy (non-hydrogen) atoms. The summed E-state index contributed by atoms with van der Waals surface area (Å²) in [7, 11) is -3.12. The van der Waals surface area contributed by atoms with Crippen LogP contribution in [-0.4, -0.2) is 74.6 Å². The Hall–Kier alpha value is -1.72. The number of rotatable bonds is 8. The van der Waals surface area contributed by atoms with E-state index in [-0.39, 0.29) is 27.7 Å². The highest BCUT2D eigenvalue weighted by Gasteiger charge is 2.42. The van der Waals surface area contributed by atoms with Gasteiger partial charge in [0.1, 0.15) is 5.69 Å². The van der Waals surface area contributed by atoms with Crippen molar-refractivity contribution >= 4 is 15.7 Å². The summed E-state index contributed by atoms with van der Waals surface area (Å²) < 4.78 is 69.9. The number of hydrogen-bond donors (Lipinski definition) is 1. The summed E-state index contributed by atoms with van der Waals surface area (Å²) in [4.78, 5) is 18.7. The molecule has 2 saturated carbocycles. The van der Waals surface area contributed by atoms with E-state index in [2.05, 4.69) is 15.2 Å².